The third kappa shape index (κ3) is 4.85. The molecule has 0 fully saturated rings. The summed E-state index contributed by atoms with van der Waals surface area (Å²) in [6.45, 7) is 1.41. The van der Waals surface area contributed by atoms with Crippen molar-refractivity contribution in [1.82, 2.24) is 19.9 Å². The van der Waals surface area contributed by atoms with Gasteiger partial charge >= 0.3 is 5.97 Å². The normalized spacial score (nSPS) is 11.6. The number of ether oxygens (including phenoxy) is 3. The molecular weight excluding hydrogens is 466 g/mol. The first-order chi connectivity index (χ1) is 17.3. The third-order valence-corrected chi connectivity index (χ3v) is 5.45. The van der Waals surface area contributed by atoms with Crippen molar-refractivity contribution in [3.8, 4) is 22.9 Å². The van der Waals surface area contributed by atoms with E-state index in [-0.39, 0.29) is 0 Å². The molecule has 0 saturated heterocycles. The van der Waals surface area contributed by atoms with E-state index in [1.165, 1.54) is 28.3 Å². The largest absolute Gasteiger partial charge is 0.493 e. The molecule has 0 aliphatic rings. The van der Waals surface area contributed by atoms with Crippen LogP contribution in [0.4, 0.5) is 11.6 Å². The Labute approximate surface area is 206 Å². The van der Waals surface area contributed by atoms with E-state index in [1.54, 1.807) is 36.5 Å². The van der Waals surface area contributed by atoms with Gasteiger partial charge in [-0.2, -0.15) is 4.98 Å². The van der Waals surface area contributed by atoms with Crippen molar-refractivity contribution < 1.29 is 28.9 Å². The number of methoxy groups -OCH3 is 3. The smallest absolute Gasteiger partial charge is 0.325 e. The van der Waals surface area contributed by atoms with Gasteiger partial charge in [0.25, 0.3) is 5.91 Å². The highest BCUT2D eigenvalue weighted by Crippen LogP contribution is 2.40. The molecule has 0 bridgehead atoms. The molecule has 2 aromatic heterocycles. The number of hydrogen-bond acceptors (Lipinski definition) is 8. The van der Waals surface area contributed by atoms with Gasteiger partial charge in [0.05, 0.1) is 21.3 Å². The number of nitrogens with zero attached hydrogens (tertiary/aromatic N) is 3. The summed E-state index contributed by atoms with van der Waals surface area (Å²) in [4.78, 5) is 32.6. The molecule has 36 heavy (non-hydrogen) atoms. The van der Waals surface area contributed by atoms with Gasteiger partial charge in [0, 0.05) is 46.9 Å². The molecule has 1 atom stereocenters. The molecule has 11 heteroatoms. The van der Waals surface area contributed by atoms with Gasteiger partial charge < -0.3 is 34.5 Å². The number of carbonyl (C=O) groups is 2. The maximum Gasteiger partial charge on any atom is 0.325 e. The number of nitrogens with one attached hydrogen (secondary N) is 2. The van der Waals surface area contributed by atoms with E-state index in [2.05, 4.69) is 20.6 Å². The molecule has 0 spiro atoms. The van der Waals surface area contributed by atoms with E-state index >= 15 is 0 Å². The third-order valence-electron chi connectivity index (χ3n) is 5.45. The van der Waals surface area contributed by atoms with Gasteiger partial charge in [0.1, 0.15) is 11.7 Å². The predicted octanol–water partition coefficient (Wildman–Crippen LogP) is 3.39. The highest BCUT2D eigenvalue weighted by atomic mass is 16.5. The van der Waals surface area contributed by atoms with E-state index in [9.17, 15) is 9.59 Å². The van der Waals surface area contributed by atoms with Gasteiger partial charge in [-0.1, -0.05) is 6.07 Å². The van der Waals surface area contributed by atoms with E-state index in [1.807, 2.05) is 22.9 Å². The van der Waals surface area contributed by atoms with E-state index in [4.69, 9.17) is 19.3 Å². The van der Waals surface area contributed by atoms with Crippen LogP contribution in [0.2, 0.25) is 0 Å². The second kappa shape index (κ2) is 10.2. The minimum atomic E-state index is -1.11. The fourth-order valence-electron chi connectivity index (χ4n) is 3.61. The molecule has 3 N–H and O–H groups in total. The summed E-state index contributed by atoms with van der Waals surface area (Å²) in [5, 5.41) is 15.5. The first-order valence-corrected chi connectivity index (χ1v) is 10.9. The first kappa shape index (κ1) is 24.3. The maximum absolute atomic E-state index is 12.5. The SMILES string of the molecule is COc1cc(Nc2ncc3ccn(-c4cccc(C(=O)N[C@H](C)C(=O)O)c4)c3n2)cc(OC)c1OC. The van der Waals surface area contributed by atoms with Crippen LogP contribution in [0, 0.1) is 0 Å². The Balaban J connectivity index is 1.66. The fourth-order valence-corrected chi connectivity index (χ4v) is 3.61. The van der Waals surface area contributed by atoms with E-state index < -0.39 is 17.9 Å². The number of aliphatic carboxylic acids is 1. The molecule has 4 aromatic rings. The molecular formula is C25H25N5O6. The van der Waals surface area contributed by atoms with Crippen LogP contribution in [0.25, 0.3) is 16.7 Å². The van der Waals surface area contributed by atoms with Gasteiger partial charge in [0.15, 0.2) is 11.5 Å². The standard InChI is InChI=1S/C25H25N5O6/c1-14(24(32)33)27-23(31)15-6-5-7-18(10-15)30-9-8-16-13-26-25(29-22(16)30)28-17-11-19(34-2)21(36-4)20(12-17)35-3/h5-14H,1-4H3,(H,27,31)(H,32,33)(H,26,28,29)/t14-/m1/s1. The molecule has 186 valence electrons. The zero-order chi connectivity index (χ0) is 25.8. The van der Waals surface area contributed by atoms with Crippen LogP contribution in [-0.2, 0) is 4.79 Å². The zero-order valence-corrected chi connectivity index (χ0v) is 20.1. The number of benzene rings is 2. The Morgan fingerprint density at radius 3 is 2.39 bits per heavy atom. The van der Waals surface area contributed by atoms with Crippen LogP contribution >= 0.6 is 0 Å². The molecule has 1 amide bonds. The Kier molecular flexibility index (Phi) is 6.91. The highest BCUT2D eigenvalue weighted by Gasteiger charge is 2.17. The first-order valence-electron chi connectivity index (χ1n) is 10.9. The minimum Gasteiger partial charge on any atom is -0.493 e. The number of rotatable bonds is 9. The molecule has 0 aliphatic heterocycles. The Morgan fingerprint density at radius 2 is 1.75 bits per heavy atom. The molecule has 4 rings (SSSR count). The number of hydrogen-bond donors (Lipinski definition) is 3. The van der Waals surface area contributed by atoms with Gasteiger partial charge in [-0.3, -0.25) is 9.59 Å². The second-order valence-electron chi connectivity index (χ2n) is 7.78. The average molecular weight is 492 g/mol. The number of carboxylic acid groups (broad SMARTS) is 1. The van der Waals surface area contributed by atoms with Crippen LogP contribution in [0.15, 0.2) is 54.9 Å². The van der Waals surface area contributed by atoms with E-state index in [0.717, 1.165) is 5.39 Å². The van der Waals surface area contributed by atoms with Crippen molar-refractivity contribution in [3.05, 3.63) is 60.4 Å². The van der Waals surface area contributed by atoms with Gasteiger partial charge in [0.2, 0.25) is 11.7 Å². The summed E-state index contributed by atoms with van der Waals surface area (Å²) in [7, 11) is 4.60. The molecule has 0 radical (unpaired) electrons. The van der Waals surface area contributed by atoms with Crippen molar-refractivity contribution in [2.75, 3.05) is 26.6 Å². The molecule has 0 saturated carbocycles. The van der Waals surface area contributed by atoms with Crippen molar-refractivity contribution in [2.45, 2.75) is 13.0 Å². The van der Waals surface area contributed by atoms with Gasteiger partial charge in [-0.05, 0) is 31.2 Å². The van der Waals surface area contributed by atoms with Crippen molar-refractivity contribution in [1.29, 1.82) is 0 Å². The van der Waals surface area contributed by atoms with Crippen LogP contribution < -0.4 is 24.8 Å². The average Bonchev–Trinajstić information content (AvgIpc) is 3.31. The Morgan fingerprint density at radius 1 is 1.03 bits per heavy atom. The number of carbonyl (C=O) groups excluding carboxylic acids is 1. The molecule has 2 aromatic carbocycles. The van der Waals surface area contributed by atoms with E-state index in [0.29, 0.717) is 45.8 Å². The van der Waals surface area contributed by atoms with Crippen molar-refractivity contribution in [2.24, 2.45) is 0 Å². The Bertz CT molecular complexity index is 1410. The zero-order valence-electron chi connectivity index (χ0n) is 20.1. The van der Waals surface area contributed by atoms with Crippen molar-refractivity contribution in [3.63, 3.8) is 0 Å². The van der Waals surface area contributed by atoms with Crippen LogP contribution in [0.3, 0.4) is 0 Å². The van der Waals surface area contributed by atoms with Gasteiger partial charge in [-0.25, -0.2) is 4.98 Å². The lowest BCUT2D eigenvalue weighted by molar-refractivity contribution is -0.138. The summed E-state index contributed by atoms with van der Waals surface area (Å²) in [6, 6.07) is 11.2. The number of fused-ring (bicyclic) bond motifs is 1. The quantitative estimate of drug-likeness (QED) is 0.322. The van der Waals surface area contributed by atoms with Gasteiger partial charge in [-0.15, -0.1) is 0 Å². The van der Waals surface area contributed by atoms with Crippen molar-refractivity contribution >= 4 is 34.5 Å². The van der Waals surface area contributed by atoms with Crippen LogP contribution in [0.1, 0.15) is 17.3 Å². The number of aromatic nitrogens is 3. The minimum absolute atomic E-state index is 0.326. The lowest BCUT2D eigenvalue weighted by Crippen LogP contribution is -2.38. The molecule has 0 aliphatic carbocycles. The highest BCUT2D eigenvalue weighted by molar-refractivity contribution is 5.97. The Hall–Kier alpha value is -4.80. The van der Waals surface area contributed by atoms with Crippen LogP contribution in [0.5, 0.6) is 17.2 Å². The lowest BCUT2D eigenvalue weighted by Gasteiger charge is -2.14. The fraction of sp³-hybridized carbons (Fsp3) is 0.200. The predicted molar refractivity (Wildman–Crippen MR) is 133 cm³/mol. The lowest BCUT2D eigenvalue weighted by atomic mass is 10.1. The number of amides is 1. The summed E-state index contributed by atoms with van der Waals surface area (Å²) in [6.07, 6.45) is 3.50. The maximum atomic E-state index is 12.5. The number of carboxylic acids is 1. The summed E-state index contributed by atoms with van der Waals surface area (Å²) in [5.41, 5.74) is 2.25. The second-order valence-corrected chi connectivity index (χ2v) is 7.78. The number of anilines is 2. The summed E-state index contributed by atoms with van der Waals surface area (Å²) < 4.78 is 18.0. The molecule has 0 unspecified atom stereocenters. The monoisotopic (exact) mass is 491 g/mol. The summed E-state index contributed by atoms with van der Waals surface area (Å²) in [5.74, 6) is 0.174. The molecule has 11 nitrogen and oxygen atoms in total. The van der Waals surface area contributed by atoms with Crippen LogP contribution in [-0.4, -0.2) is 58.9 Å². The summed E-state index contributed by atoms with van der Waals surface area (Å²) >= 11 is 0. The topological polar surface area (TPSA) is 137 Å². The molecule has 2 heterocycles.